The fourth-order valence-electron chi connectivity index (χ4n) is 2.39. The molecule has 0 saturated carbocycles. The SMILES string of the molecule is COc1ccc(C(=O)c2ccc(Oc3ccc(F)cc3Cl)nc2)cc1OC. The van der Waals surface area contributed by atoms with Gasteiger partial charge in [-0.2, -0.15) is 0 Å². The minimum Gasteiger partial charge on any atom is -0.493 e. The first-order valence-corrected chi connectivity index (χ1v) is 8.25. The predicted molar refractivity (Wildman–Crippen MR) is 98.7 cm³/mol. The number of pyridine rings is 1. The van der Waals surface area contributed by atoms with Crippen LogP contribution in [-0.2, 0) is 0 Å². The Labute approximate surface area is 160 Å². The molecule has 1 aromatic heterocycles. The summed E-state index contributed by atoms with van der Waals surface area (Å²) in [5.41, 5.74) is 0.810. The smallest absolute Gasteiger partial charge is 0.219 e. The lowest BCUT2D eigenvalue weighted by Gasteiger charge is -2.09. The molecule has 27 heavy (non-hydrogen) atoms. The fraction of sp³-hybridized carbons (Fsp3) is 0.100. The number of aromatic nitrogens is 1. The van der Waals surface area contributed by atoms with Gasteiger partial charge in [-0.1, -0.05) is 11.6 Å². The van der Waals surface area contributed by atoms with Crippen molar-refractivity contribution >= 4 is 17.4 Å². The van der Waals surface area contributed by atoms with Crippen LogP contribution in [0.2, 0.25) is 5.02 Å². The van der Waals surface area contributed by atoms with Crippen LogP contribution in [-0.4, -0.2) is 25.0 Å². The first-order valence-electron chi connectivity index (χ1n) is 7.87. The number of nitrogens with zero attached hydrogens (tertiary/aromatic N) is 1. The van der Waals surface area contributed by atoms with E-state index in [1.165, 1.54) is 38.6 Å². The predicted octanol–water partition coefficient (Wildman–Crippen LogP) is 4.91. The van der Waals surface area contributed by atoms with Crippen LogP contribution >= 0.6 is 11.6 Å². The van der Waals surface area contributed by atoms with Gasteiger partial charge in [-0.25, -0.2) is 9.37 Å². The molecule has 0 unspecified atom stereocenters. The number of benzene rings is 2. The molecule has 0 saturated heterocycles. The Kier molecular flexibility index (Phi) is 5.57. The Bertz CT molecular complexity index is 976. The average Bonchev–Trinajstić information content (AvgIpc) is 2.69. The zero-order valence-corrected chi connectivity index (χ0v) is 15.3. The lowest BCUT2D eigenvalue weighted by molar-refractivity contribution is 0.103. The molecule has 7 heteroatoms. The van der Waals surface area contributed by atoms with Crippen LogP contribution in [0.15, 0.2) is 54.7 Å². The number of methoxy groups -OCH3 is 2. The summed E-state index contributed by atoms with van der Waals surface area (Å²) in [7, 11) is 3.02. The quantitative estimate of drug-likeness (QED) is 0.562. The number of carbonyl (C=O) groups is 1. The van der Waals surface area contributed by atoms with Gasteiger partial charge in [0.15, 0.2) is 17.3 Å². The number of carbonyl (C=O) groups excluding carboxylic acids is 1. The average molecular weight is 388 g/mol. The third-order valence-electron chi connectivity index (χ3n) is 3.75. The minimum absolute atomic E-state index is 0.127. The summed E-state index contributed by atoms with van der Waals surface area (Å²) >= 11 is 5.93. The maximum atomic E-state index is 13.1. The van der Waals surface area contributed by atoms with Crippen LogP contribution < -0.4 is 14.2 Å². The first-order chi connectivity index (χ1) is 13.0. The van der Waals surface area contributed by atoms with Crippen molar-refractivity contribution in [2.75, 3.05) is 14.2 Å². The van der Waals surface area contributed by atoms with E-state index in [4.69, 9.17) is 25.8 Å². The van der Waals surface area contributed by atoms with Gasteiger partial charge in [-0.05, 0) is 42.5 Å². The number of ether oxygens (including phenoxy) is 3. The van der Waals surface area contributed by atoms with Crippen LogP contribution in [0.4, 0.5) is 4.39 Å². The van der Waals surface area contributed by atoms with Gasteiger partial charge in [0.05, 0.1) is 19.2 Å². The molecule has 0 bridgehead atoms. The van der Waals surface area contributed by atoms with E-state index in [0.29, 0.717) is 22.6 Å². The van der Waals surface area contributed by atoms with Crippen LogP contribution in [0.25, 0.3) is 0 Å². The second-order valence-corrected chi connectivity index (χ2v) is 5.87. The van der Waals surface area contributed by atoms with Gasteiger partial charge in [-0.15, -0.1) is 0 Å². The monoisotopic (exact) mass is 387 g/mol. The summed E-state index contributed by atoms with van der Waals surface area (Å²) in [5, 5.41) is 0.127. The first kappa shape index (κ1) is 18.7. The Hall–Kier alpha value is -3.12. The van der Waals surface area contributed by atoms with E-state index in [1.807, 2.05) is 0 Å². The van der Waals surface area contributed by atoms with Gasteiger partial charge in [-0.3, -0.25) is 4.79 Å². The Morgan fingerprint density at radius 2 is 1.63 bits per heavy atom. The van der Waals surface area contributed by atoms with E-state index in [2.05, 4.69) is 4.98 Å². The zero-order chi connectivity index (χ0) is 19.4. The number of hydrogen-bond acceptors (Lipinski definition) is 5. The van der Waals surface area contributed by atoms with Crippen LogP contribution in [0, 0.1) is 5.82 Å². The third kappa shape index (κ3) is 4.17. The molecule has 0 amide bonds. The maximum absolute atomic E-state index is 13.1. The van der Waals surface area contributed by atoms with E-state index in [0.717, 1.165) is 6.07 Å². The van der Waals surface area contributed by atoms with Gasteiger partial charge in [0.2, 0.25) is 5.88 Å². The van der Waals surface area contributed by atoms with Gasteiger partial charge >= 0.3 is 0 Å². The largest absolute Gasteiger partial charge is 0.493 e. The number of hydrogen-bond donors (Lipinski definition) is 0. The lowest BCUT2D eigenvalue weighted by Crippen LogP contribution is -2.03. The highest BCUT2D eigenvalue weighted by Crippen LogP contribution is 2.30. The zero-order valence-electron chi connectivity index (χ0n) is 14.5. The number of halogens is 2. The van der Waals surface area contributed by atoms with Crippen molar-refractivity contribution in [1.29, 1.82) is 0 Å². The molecule has 2 aromatic carbocycles. The topological polar surface area (TPSA) is 57.7 Å². The standard InChI is InChI=1S/C20H15ClFNO4/c1-25-17-6-3-12(9-18(17)26-2)20(24)13-4-8-19(23-11-13)27-16-7-5-14(22)10-15(16)21/h3-11H,1-2H3. The molecule has 0 aliphatic carbocycles. The molecule has 3 rings (SSSR count). The second kappa shape index (κ2) is 8.05. The van der Waals surface area contributed by atoms with Crippen molar-refractivity contribution in [3.63, 3.8) is 0 Å². The Balaban J connectivity index is 1.79. The Morgan fingerprint density at radius 1 is 0.926 bits per heavy atom. The summed E-state index contributed by atoms with van der Waals surface area (Å²) < 4.78 is 29.0. The molecule has 138 valence electrons. The second-order valence-electron chi connectivity index (χ2n) is 5.46. The summed E-state index contributed by atoms with van der Waals surface area (Å²) in [6.45, 7) is 0. The summed E-state index contributed by atoms with van der Waals surface area (Å²) in [6, 6.07) is 11.8. The van der Waals surface area contributed by atoms with Crippen molar-refractivity contribution in [3.8, 4) is 23.1 Å². The highest BCUT2D eigenvalue weighted by molar-refractivity contribution is 6.32. The van der Waals surface area contributed by atoms with Gasteiger partial charge < -0.3 is 14.2 Å². The van der Waals surface area contributed by atoms with Crippen LogP contribution in [0.5, 0.6) is 23.1 Å². The van der Waals surface area contributed by atoms with Crippen molar-refractivity contribution in [2.45, 2.75) is 0 Å². The summed E-state index contributed by atoms with van der Waals surface area (Å²) in [4.78, 5) is 16.7. The van der Waals surface area contributed by atoms with Crippen molar-refractivity contribution in [3.05, 3.63) is 76.7 Å². The van der Waals surface area contributed by atoms with E-state index < -0.39 is 5.82 Å². The Morgan fingerprint density at radius 3 is 2.26 bits per heavy atom. The molecule has 0 atom stereocenters. The highest BCUT2D eigenvalue weighted by atomic mass is 35.5. The third-order valence-corrected chi connectivity index (χ3v) is 4.05. The van der Waals surface area contributed by atoms with Crippen LogP contribution in [0.1, 0.15) is 15.9 Å². The van der Waals surface area contributed by atoms with Crippen molar-refractivity contribution < 1.29 is 23.4 Å². The molecule has 5 nitrogen and oxygen atoms in total. The molecule has 0 N–H and O–H groups in total. The molecule has 0 aliphatic rings. The van der Waals surface area contributed by atoms with Crippen LogP contribution in [0.3, 0.4) is 0 Å². The summed E-state index contributed by atoms with van der Waals surface area (Å²) in [5.74, 6) is 0.803. The minimum atomic E-state index is -0.462. The normalized spacial score (nSPS) is 10.4. The van der Waals surface area contributed by atoms with Gasteiger partial charge in [0.1, 0.15) is 11.6 Å². The van der Waals surface area contributed by atoms with Gasteiger partial charge in [0.25, 0.3) is 0 Å². The van der Waals surface area contributed by atoms with E-state index in [1.54, 1.807) is 24.3 Å². The molecule has 3 aromatic rings. The fourth-order valence-corrected chi connectivity index (χ4v) is 2.60. The molecule has 0 spiro atoms. The molecular formula is C20H15ClFNO4. The summed E-state index contributed by atoms with van der Waals surface area (Å²) in [6.07, 6.45) is 1.39. The highest BCUT2D eigenvalue weighted by Gasteiger charge is 2.14. The van der Waals surface area contributed by atoms with Gasteiger partial charge in [0, 0.05) is 23.4 Å². The van der Waals surface area contributed by atoms with Crippen molar-refractivity contribution in [2.24, 2.45) is 0 Å². The number of rotatable bonds is 6. The van der Waals surface area contributed by atoms with E-state index >= 15 is 0 Å². The van der Waals surface area contributed by atoms with E-state index in [9.17, 15) is 9.18 Å². The lowest BCUT2D eigenvalue weighted by atomic mass is 10.0. The van der Waals surface area contributed by atoms with Crippen molar-refractivity contribution in [1.82, 2.24) is 4.98 Å². The molecule has 0 aliphatic heterocycles. The molecular weight excluding hydrogens is 373 g/mol. The molecule has 1 heterocycles. The molecule has 0 radical (unpaired) electrons. The molecule has 0 fully saturated rings. The van der Waals surface area contributed by atoms with E-state index in [-0.39, 0.29) is 22.4 Å². The maximum Gasteiger partial charge on any atom is 0.219 e. The number of ketones is 1.